The van der Waals surface area contributed by atoms with E-state index in [1.807, 2.05) is 0 Å². The van der Waals surface area contributed by atoms with Crippen LogP contribution in [0.5, 0.6) is 5.75 Å². The summed E-state index contributed by atoms with van der Waals surface area (Å²) in [6.07, 6.45) is 3.69. The molecule has 112 valence electrons. The average molecular weight is 285 g/mol. The minimum atomic E-state index is -2.80. The fourth-order valence-corrected chi connectivity index (χ4v) is 2.72. The Bertz CT molecular complexity index is 415. The molecule has 2 unspecified atom stereocenters. The molecule has 0 aromatic heterocycles. The number of hydrogen-bond acceptors (Lipinski definition) is 3. The summed E-state index contributed by atoms with van der Waals surface area (Å²) in [6.45, 7) is -1.51. The molecule has 0 aliphatic heterocycles. The van der Waals surface area contributed by atoms with Crippen molar-refractivity contribution in [2.45, 2.75) is 44.9 Å². The Balaban J connectivity index is 1.81. The summed E-state index contributed by atoms with van der Waals surface area (Å²) in [6, 6.07) is 6.81. The highest BCUT2D eigenvalue weighted by molar-refractivity contribution is 5.33. The Morgan fingerprint density at radius 1 is 1.30 bits per heavy atom. The summed E-state index contributed by atoms with van der Waals surface area (Å²) in [5.74, 6) is 0.681. The second kappa shape index (κ2) is 7.55. The van der Waals surface area contributed by atoms with Gasteiger partial charge in [0.2, 0.25) is 0 Å². The fourth-order valence-electron chi connectivity index (χ4n) is 2.72. The van der Waals surface area contributed by atoms with Gasteiger partial charge in [-0.3, -0.25) is 0 Å². The zero-order valence-electron chi connectivity index (χ0n) is 11.4. The summed E-state index contributed by atoms with van der Waals surface area (Å²) in [5.41, 5.74) is 0.726. The molecule has 1 saturated carbocycles. The third-order valence-electron chi connectivity index (χ3n) is 3.69. The number of halogens is 2. The van der Waals surface area contributed by atoms with Crippen LogP contribution in [-0.4, -0.2) is 24.4 Å². The molecule has 1 fully saturated rings. The van der Waals surface area contributed by atoms with Gasteiger partial charge in [-0.2, -0.15) is 8.78 Å². The molecule has 2 N–H and O–H groups in total. The molecule has 0 saturated heterocycles. The molecule has 20 heavy (non-hydrogen) atoms. The zero-order chi connectivity index (χ0) is 14.4. The highest BCUT2D eigenvalue weighted by atomic mass is 19.3. The lowest BCUT2D eigenvalue weighted by atomic mass is 9.87. The van der Waals surface area contributed by atoms with Crippen molar-refractivity contribution in [2.24, 2.45) is 5.92 Å². The van der Waals surface area contributed by atoms with Crippen LogP contribution in [0.3, 0.4) is 0 Å². The summed E-state index contributed by atoms with van der Waals surface area (Å²) < 4.78 is 29.1. The molecule has 2 atom stereocenters. The molecule has 1 aliphatic carbocycles. The van der Waals surface area contributed by atoms with E-state index >= 15 is 0 Å². The molecule has 0 bridgehead atoms. The average Bonchev–Trinajstić information content (AvgIpc) is 2.40. The Morgan fingerprint density at radius 3 is 2.85 bits per heavy atom. The molecule has 0 radical (unpaired) electrons. The monoisotopic (exact) mass is 285 g/mol. The van der Waals surface area contributed by atoms with E-state index in [4.69, 9.17) is 0 Å². The van der Waals surface area contributed by atoms with Crippen LogP contribution in [0.4, 0.5) is 8.78 Å². The topological polar surface area (TPSA) is 41.5 Å². The lowest BCUT2D eigenvalue weighted by molar-refractivity contribution is -0.0505. The van der Waals surface area contributed by atoms with Crippen molar-refractivity contribution in [3.05, 3.63) is 29.8 Å². The zero-order valence-corrected chi connectivity index (χ0v) is 11.4. The van der Waals surface area contributed by atoms with Crippen LogP contribution in [0.15, 0.2) is 24.3 Å². The first-order chi connectivity index (χ1) is 9.65. The molecule has 5 heteroatoms. The van der Waals surface area contributed by atoms with Crippen LogP contribution in [0.25, 0.3) is 0 Å². The van der Waals surface area contributed by atoms with Crippen molar-refractivity contribution in [1.82, 2.24) is 5.32 Å². The number of hydrogen-bond donors (Lipinski definition) is 2. The highest BCUT2D eigenvalue weighted by Crippen LogP contribution is 2.24. The third kappa shape index (κ3) is 4.72. The van der Waals surface area contributed by atoms with Gasteiger partial charge in [0, 0.05) is 12.1 Å². The van der Waals surface area contributed by atoms with Crippen LogP contribution in [0.1, 0.15) is 31.2 Å². The molecule has 1 aliphatic rings. The smallest absolute Gasteiger partial charge is 0.387 e. The minimum absolute atomic E-state index is 0.190. The van der Waals surface area contributed by atoms with Crippen molar-refractivity contribution in [2.75, 3.05) is 6.54 Å². The molecule has 0 heterocycles. The first-order valence-corrected chi connectivity index (χ1v) is 7.06. The van der Waals surface area contributed by atoms with E-state index in [1.165, 1.54) is 0 Å². The number of aliphatic hydroxyl groups is 1. The van der Waals surface area contributed by atoms with Gasteiger partial charge < -0.3 is 15.2 Å². The first kappa shape index (κ1) is 15.2. The molecule has 0 spiro atoms. The van der Waals surface area contributed by atoms with Gasteiger partial charge in [-0.1, -0.05) is 24.6 Å². The van der Waals surface area contributed by atoms with E-state index in [2.05, 4.69) is 10.1 Å². The maximum atomic E-state index is 12.3. The van der Waals surface area contributed by atoms with E-state index < -0.39 is 6.61 Å². The van der Waals surface area contributed by atoms with Crippen LogP contribution in [-0.2, 0) is 6.54 Å². The Hall–Kier alpha value is -1.20. The van der Waals surface area contributed by atoms with E-state index in [-0.39, 0.29) is 11.9 Å². The predicted octanol–water partition coefficient (Wildman–Crippen LogP) is 2.93. The fraction of sp³-hybridized carbons (Fsp3) is 0.600. The number of ether oxygens (including phenoxy) is 1. The molecule has 2 rings (SSSR count). The van der Waals surface area contributed by atoms with E-state index in [0.717, 1.165) is 37.8 Å². The van der Waals surface area contributed by atoms with E-state index in [0.29, 0.717) is 12.5 Å². The predicted molar refractivity (Wildman–Crippen MR) is 72.7 cm³/mol. The quantitative estimate of drug-likeness (QED) is 0.844. The second-order valence-electron chi connectivity index (χ2n) is 5.30. The molecule has 1 aromatic carbocycles. The lowest BCUT2D eigenvalue weighted by Crippen LogP contribution is -2.29. The number of rotatable bonds is 6. The van der Waals surface area contributed by atoms with Crippen molar-refractivity contribution < 1.29 is 18.6 Å². The van der Waals surface area contributed by atoms with Crippen molar-refractivity contribution >= 4 is 0 Å². The van der Waals surface area contributed by atoms with Crippen LogP contribution >= 0.6 is 0 Å². The van der Waals surface area contributed by atoms with Gasteiger partial charge in [0.15, 0.2) is 0 Å². The molecular formula is C15H21F2NO2. The van der Waals surface area contributed by atoms with Crippen molar-refractivity contribution in [3.8, 4) is 5.75 Å². The SMILES string of the molecule is OC1CCCC(CNCc2ccccc2OC(F)F)C1. The van der Waals surface area contributed by atoms with Crippen molar-refractivity contribution in [3.63, 3.8) is 0 Å². The number of para-hydroxylation sites is 1. The van der Waals surface area contributed by atoms with Gasteiger partial charge in [-0.15, -0.1) is 0 Å². The summed E-state index contributed by atoms with van der Waals surface area (Å²) in [4.78, 5) is 0. The van der Waals surface area contributed by atoms with Crippen LogP contribution in [0, 0.1) is 5.92 Å². The van der Waals surface area contributed by atoms with Crippen molar-refractivity contribution in [1.29, 1.82) is 0 Å². The number of nitrogens with one attached hydrogen (secondary N) is 1. The van der Waals surface area contributed by atoms with E-state index in [9.17, 15) is 13.9 Å². The molecule has 1 aromatic rings. The minimum Gasteiger partial charge on any atom is -0.434 e. The lowest BCUT2D eigenvalue weighted by Gasteiger charge is -2.26. The van der Waals surface area contributed by atoms with Gasteiger partial charge >= 0.3 is 6.61 Å². The van der Waals surface area contributed by atoms with E-state index in [1.54, 1.807) is 24.3 Å². The van der Waals surface area contributed by atoms with Gasteiger partial charge in [0.05, 0.1) is 6.10 Å². The Kier molecular flexibility index (Phi) is 5.73. The first-order valence-electron chi connectivity index (χ1n) is 7.06. The molecule has 0 amide bonds. The maximum absolute atomic E-state index is 12.3. The van der Waals surface area contributed by atoms with Gasteiger partial charge in [-0.05, 0) is 37.8 Å². The largest absolute Gasteiger partial charge is 0.434 e. The molecular weight excluding hydrogens is 264 g/mol. The normalized spacial score (nSPS) is 23.0. The summed E-state index contributed by atoms with van der Waals surface area (Å²) in [5, 5.41) is 12.9. The molecule has 3 nitrogen and oxygen atoms in total. The van der Waals surface area contributed by atoms with Crippen LogP contribution in [0.2, 0.25) is 0 Å². The second-order valence-corrected chi connectivity index (χ2v) is 5.30. The highest BCUT2D eigenvalue weighted by Gasteiger charge is 2.19. The van der Waals surface area contributed by atoms with Crippen LogP contribution < -0.4 is 10.1 Å². The standard InChI is InChI=1S/C15H21F2NO2/c16-15(17)20-14-7-2-1-5-12(14)10-18-9-11-4-3-6-13(19)8-11/h1-2,5,7,11,13,15,18-19H,3-4,6,8-10H2. The number of aliphatic hydroxyl groups excluding tert-OH is 1. The Labute approximate surface area is 117 Å². The summed E-state index contributed by atoms with van der Waals surface area (Å²) in [7, 11) is 0. The number of benzene rings is 1. The number of alkyl halides is 2. The van der Waals surface area contributed by atoms with Gasteiger partial charge in [0.1, 0.15) is 5.75 Å². The maximum Gasteiger partial charge on any atom is 0.387 e. The summed E-state index contributed by atoms with van der Waals surface area (Å²) >= 11 is 0. The van der Waals surface area contributed by atoms with Gasteiger partial charge in [0.25, 0.3) is 0 Å². The Morgan fingerprint density at radius 2 is 2.10 bits per heavy atom. The third-order valence-corrected chi connectivity index (χ3v) is 3.69. The van der Waals surface area contributed by atoms with Gasteiger partial charge in [-0.25, -0.2) is 0 Å².